The fourth-order valence-corrected chi connectivity index (χ4v) is 4.29. The van der Waals surface area contributed by atoms with Crippen molar-refractivity contribution in [2.24, 2.45) is 5.92 Å². The summed E-state index contributed by atoms with van der Waals surface area (Å²) in [5.41, 5.74) is 2.22. The van der Waals surface area contributed by atoms with Crippen LogP contribution in [0.5, 0.6) is 0 Å². The molecule has 1 heterocycles. The SMILES string of the molecule is CCN(CC)C[C@@H]1CCN([C@H](C)C(=O)NC(c2ccccc2)c2ccccc2)C1. The van der Waals surface area contributed by atoms with Gasteiger partial charge in [0.05, 0.1) is 12.1 Å². The third-order valence-electron chi connectivity index (χ3n) is 6.21. The molecule has 3 rings (SSSR count). The summed E-state index contributed by atoms with van der Waals surface area (Å²) in [6, 6.07) is 20.2. The van der Waals surface area contributed by atoms with Crippen LogP contribution in [0.1, 0.15) is 44.4 Å². The van der Waals surface area contributed by atoms with Gasteiger partial charge in [-0.05, 0) is 50.0 Å². The highest BCUT2D eigenvalue weighted by Gasteiger charge is 2.31. The van der Waals surface area contributed by atoms with Gasteiger partial charge < -0.3 is 10.2 Å². The topological polar surface area (TPSA) is 35.6 Å². The molecule has 1 amide bonds. The van der Waals surface area contributed by atoms with E-state index in [-0.39, 0.29) is 18.0 Å². The summed E-state index contributed by atoms with van der Waals surface area (Å²) >= 11 is 0. The minimum Gasteiger partial charge on any atom is -0.344 e. The van der Waals surface area contributed by atoms with E-state index < -0.39 is 0 Å². The van der Waals surface area contributed by atoms with E-state index in [1.807, 2.05) is 43.3 Å². The molecule has 4 heteroatoms. The number of nitrogens with one attached hydrogen (secondary N) is 1. The first-order valence-electron chi connectivity index (χ1n) is 11.0. The van der Waals surface area contributed by atoms with Crippen molar-refractivity contribution in [3.63, 3.8) is 0 Å². The van der Waals surface area contributed by atoms with Gasteiger partial charge >= 0.3 is 0 Å². The molecule has 0 radical (unpaired) electrons. The average Bonchev–Trinajstić information content (AvgIpc) is 3.24. The highest BCUT2D eigenvalue weighted by molar-refractivity contribution is 5.82. The molecule has 0 aliphatic carbocycles. The van der Waals surface area contributed by atoms with Gasteiger partial charge in [0.1, 0.15) is 0 Å². The van der Waals surface area contributed by atoms with E-state index in [2.05, 4.69) is 53.2 Å². The van der Waals surface area contributed by atoms with E-state index in [9.17, 15) is 4.79 Å². The lowest BCUT2D eigenvalue weighted by atomic mass is 9.98. The van der Waals surface area contributed by atoms with Gasteiger partial charge in [-0.15, -0.1) is 0 Å². The number of hydrogen-bond acceptors (Lipinski definition) is 3. The van der Waals surface area contributed by atoms with Gasteiger partial charge in [0, 0.05) is 13.1 Å². The normalized spacial score (nSPS) is 18.3. The molecule has 1 fully saturated rings. The highest BCUT2D eigenvalue weighted by Crippen LogP contribution is 2.24. The van der Waals surface area contributed by atoms with Crippen LogP contribution in [0.25, 0.3) is 0 Å². The third kappa shape index (κ3) is 5.68. The number of nitrogens with zero attached hydrogens (tertiary/aromatic N) is 2. The molecule has 0 unspecified atom stereocenters. The second-order valence-electron chi connectivity index (χ2n) is 8.07. The molecule has 1 N–H and O–H groups in total. The van der Waals surface area contributed by atoms with Crippen LogP contribution in [0.4, 0.5) is 0 Å². The Balaban J connectivity index is 1.65. The van der Waals surface area contributed by atoms with Crippen LogP contribution in [-0.4, -0.2) is 54.5 Å². The first kappa shape index (κ1) is 21.5. The highest BCUT2D eigenvalue weighted by atomic mass is 16.2. The predicted octanol–water partition coefficient (Wildman–Crippen LogP) is 3.94. The summed E-state index contributed by atoms with van der Waals surface area (Å²) in [4.78, 5) is 18.0. The molecule has 0 spiro atoms. The maximum absolute atomic E-state index is 13.2. The molecule has 0 bridgehead atoms. The lowest BCUT2D eigenvalue weighted by molar-refractivity contribution is -0.126. The Kier molecular flexibility index (Phi) is 7.84. The number of amides is 1. The maximum Gasteiger partial charge on any atom is 0.237 e. The van der Waals surface area contributed by atoms with Gasteiger partial charge in [0.25, 0.3) is 0 Å². The largest absolute Gasteiger partial charge is 0.344 e. The van der Waals surface area contributed by atoms with Gasteiger partial charge in [-0.3, -0.25) is 9.69 Å². The van der Waals surface area contributed by atoms with Crippen molar-refractivity contribution in [1.29, 1.82) is 0 Å². The van der Waals surface area contributed by atoms with Crippen LogP contribution in [-0.2, 0) is 4.79 Å². The smallest absolute Gasteiger partial charge is 0.237 e. The predicted molar refractivity (Wildman–Crippen MR) is 120 cm³/mol. The summed E-state index contributed by atoms with van der Waals surface area (Å²) < 4.78 is 0. The van der Waals surface area contributed by atoms with Crippen LogP contribution < -0.4 is 5.32 Å². The first-order chi connectivity index (χ1) is 14.1. The minimum atomic E-state index is -0.124. The van der Waals surface area contributed by atoms with Crippen molar-refractivity contribution in [3.05, 3.63) is 71.8 Å². The van der Waals surface area contributed by atoms with E-state index >= 15 is 0 Å². The van der Waals surface area contributed by atoms with E-state index in [1.165, 1.54) is 6.42 Å². The van der Waals surface area contributed by atoms with Gasteiger partial charge in [-0.25, -0.2) is 0 Å². The number of carbonyl (C=O) groups is 1. The van der Waals surface area contributed by atoms with E-state index in [1.54, 1.807) is 0 Å². The second kappa shape index (κ2) is 10.6. The molecule has 156 valence electrons. The molecule has 1 aliphatic rings. The van der Waals surface area contributed by atoms with E-state index in [0.717, 1.165) is 43.9 Å². The van der Waals surface area contributed by atoms with Crippen molar-refractivity contribution in [2.75, 3.05) is 32.7 Å². The Morgan fingerprint density at radius 2 is 1.59 bits per heavy atom. The van der Waals surface area contributed by atoms with Crippen molar-refractivity contribution in [3.8, 4) is 0 Å². The maximum atomic E-state index is 13.2. The Labute approximate surface area is 175 Å². The van der Waals surface area contributed by atoms with Crippen LogP contribution in [0.2, 0.25) is 0 Å². The molecule has 0 aromatic heterocycles. The number of carbonyl (C=O) groups excluding carboxylic acids is 1. The Bertz CT molecular complexity index is 706. The monoisotopic (exact) mass is 393 g/mol. The number of likely N-dealkylation sites (tertiary alicyclic amines) is 1. The van der Waals surface area contributed by atoms with Crippen LogP contribution in [0.15, 0.2) is 60.7 Å². The first-order valence-corrected chi connectivity index (χ1v) is 11.0. The lowest BCUT2D eigenvalue weighted by Crippen LogP contribution is -2.45. The molecule has 1 aliphatic heterocycles. The van der Waals surface area contributed by atoms with Crippen LogP contribution in [0.3, 0.4) is 0 Å². The molecule has 2 atom stereocenters. The molecule has 2 aromatic rings. The average molecular weight is 394 g/mol. The quantitative estimate of drug-likeness (QED) is 0.701. The molecule has 29 heavy (non-hydrogen) atoms. The summed E-state index contributed by atoms with van der Waals surface area (Å²) in [6.07, 6.45) is 1.18. The zero-order valence-electron chi connectivity index (χ0n) is 18.1. The molecular weight excluding hydrogens is 358 g/mol. The van der Waals surface area contributed by atoms with E-state index in [4.69, 9.17) is 0 Å². The molecular formula is C25H35N3O. The molecule has 0 saturated carbocycles. The summed E-state index contributed by atoms with van der Waals surface area (Å²) in [5.74, 6) is 0.760. The fourth-order valence-electron chi connectivity index (χ4n) is 4.29. The number of rotatable bonds is 9. The Morgan fingerprint density at radius 3 is 2.10 bits per heavy atom. The van der Waals surface area contributed by atoms with Crippen molar-refractivity contribution in [1.82, 2.24) is 15.1 Å². The van der Waals surface area contributed by atoms with Gasteiger partial charge in [-0.2, -0.15) is 0 Å². The summed E-state index contributed by atoms with van der Waals surface area (Å²) in [7, 11) is 0. The summed E-state index contributed by atoms with van der Waals surface area (Å²) in [5, 5.41) is 3.31. The zero-order chi connectivity index (χ0) is 20.6. The van der Waals surface area contributed by atoms with Gasteiger partial charge in [0.2, 0.25) is 5.91 Å². The standard InChI is InChI=1S/C25H35N3O/c1-4-27(5-2)18-21-16-17-28(19-21)20(3)25(29)26-24(22-12-8-6-9-13-22)23-14-10-7-11-15-23/h6-15,20-21,24H,4-5,16-19H2,1-3H3,(H,26,29)/t20-,21+/m1/s1. The molecule has 2 aromatic carbocycles. The molecule has 4 nitrogen and oxygen atoms in total. The number of benzene rings is 2. The minimum absolute atomic E-state index is 0.103. The van der Waals surface area contributed by atoms with Crippen molar-refractivity contribution in [2.45, 2.75) is 39.3 Å². The van der Waals surface area contributed by atoms with Gasteiger partial charge in [0.15, 0.2) is 0 Å². The van der Waals surface area contributed by atoms with Crippen LogP contribution >= 0.6 is 0 Å². The zero-order valence-corrected chi connectivity index (χ0v) is 18.1. The second-order valence-corrected chi connectivity index (χ2v) is 8.07. The Hall–Kier alpha value is -2.17. The Morgan fingerprint density at radius 1 is 1.03 bits per heavy atom. The van der Waals surface area contributed by atoms with Gasteiger partial charge in [-0.1, -0.05) is 74.5 Å². The third-order valence-corrected chi connectivity index (χ3v) is 6.21. The van der Waals surface area contributed by atoms with E-state index in [0.29, 0.717) is 5.92 Å². The summed E-state index contributed by atoms with van der Waals surface area (Å²) in [6.45, 7) is 11.8. The fraction of sp³-hybridized carbons (Fsp3) is 0.480. The lowest BCUT2D eigenvalue weighted by Gasteiger charge is -2.28. The van der Waals surface area contributed by atoms with Crippen LogP contribution in [0, 0.1) is 5.92 Å². The van der Waals surface area contributed by atoms with Crippen molar-refractivity contribution < 1.29 is 4.79 Å². The number of hydrogen-bond donors (Lipinski definition) is 1. The molecule has 1 saturated heterocycles. The van der Waals surface area contributed by atoms with Crippen molar-refractivity contribution >= 4 is 5.91 Å².